The average Bonchev–Trinajstić information content (AvgIpc) is 2.79. The number of carbonyl (C=O) groups excluding carboxylic acids is 2. The van der Waals surface area contributed by atoms with Crippen LogP contribution in [-0.2, 0) is 11.2 Å². The smallest absolute Gasteiger partial charge is 0.414 e. The SMILES string of the molecule is CN(CCCN(CCc1ccccc1)C(=O)O)C(=O)c1ccc(N(C)C(=O)OC(C)(C)C)cn1. The van der Waals surface area contributed by atoms with E-state index in [0.29, 0.717) is 38.2 Å². The third-order valence-corrected chi connectivity index (χ3v) is 5.07. The van der Waals surface area contributed by atoms with Gasteiger partial charge in [0.15, 0.2) is 0 Å². The van der Waals surface area contributed by atoms with Crippen molar-refractivity contribution in [1.82, 2.24) is 14.8 Å². The topological polar surface area (TPSA) is 103 Å². The Morgan fingerprint density at radius 2 is 1.65 bits per heavy atom. The van der Waals surface area contributed by atoms with E-state index < -0.39 is 17.8 Å². The van der Waals surface area contributed by atoms with Gasteiger partial charge in [-0.15, -0.1) is 0 Å². The van der Waals surface area contributed by atoms with Crippen LogP contribution in [0.2, 0.25) is 0 Å². The van der Waals surface area contributed by atoms with Gasteiger partial charge in [0.05, 0.1) is 11.9 Å². The fraction of sp³-hybridized carbons (Fsp3) is 0.440. The normalized spacial score (nSPS) is 11.0. The molecule has 0 saturated heterocycles. The number of hydrogen-bond donors (Lipinski definition) is 1. The summed E-state index contributed by atoms with van der Waals surface area (Å²) in [6, 6.07) is 12.9. The van der Waals surface area contributed by atoms with Crippen LogP contribution < -0.4 is 4.90 Å². The molecule has 184 valence electrons. The summed E-state index contributed by atoms with van der Waals surface area (Å²) in [7, 11) is 3.23. The van der Waals surface area contributed by atoms with Crippen molar-refractivity contribution in [3.63, 3.8) is 0 Å². The maximum absolute atomic E-state index is 12.7. The van der Waals surface area contributed by atoms with Crippen LogP contribution in [0.5, 0.6) is 0 Å². The number of anilines is 1. The van der Waals surface area contributed by atoms with Crippen LogP contribution in [0.15, 0.2) is 48.7 Å². The number of hydrogen-bond acceptors (Lipinski definition) is 5. The molecule has 3 amide bonds. The van der Waals surface area contributed by atoms with Gasteiger partial charge in [-0.25, -0.2) is 14.6 Å². The molecule has 1 heterocycles. The van der Waals surface area contributed by atoms with Crippen LogP contribution in [-0.4, -0.2) is 77.3 Å². The maximum Gasteiger partial charge on any atom is 0.414 e. The van der Waals surface area contributed by atoms with Gasteiger partial charge in [0.1, 0.15) is 11.3 Å². The van der Waals surface area contributed by atoms with Crippen LogP contribution in [0, 0.1) is 0 Å². The van der Waals surface area contributed by atoms with Gasteiger partial charge in [0, 0.05) is 33.7 Å². The minimum Gasteiger partial charge on any atom is -0.465 e. The molecule has 2 rings (SSSR count). The van der Waals surface area contributed by atoms with Crippen LogP contribution in [0.3, 0.4) is 0 Å². The molecule has 0 saturated carbocycles. The lowest BCUT2D eigenvalue weighted by Crippen LogP contribution is -2.35. The van der Waals surface area contributed by atoms with Crippen LogP contribution in [0.25, 0.3) is 0 Å². The first-order valence-corrected chi connectivity index (χ1v) is 11.2. The zero-order chi connectivity index (χ0) is 25.3. The number of carbonyl (C=O) groups is 3. The first-order chi connectivity index (χ1) is 16.0. The molecule has 0 bridgehead atoms. The molecule has 0 aliphatic heterocycles. The fourth-order valence-corrected chi connectivity index (χ4v) is 3.15. The van der Waals surface area contributed by atoms with Crippen LogP contribution in [0.1, 0.15) is 43.2 Å². The van der Waals surface area contributed by atoms with Crippen LogP contribution in [0.4, 0.5) is 15.3 Å². The summed E-state index contributed by atoms with van der Waals surface area (Å²) in [5.41, 5.74) is 1.20. The molecule has 0 unspecified atom stereocenters. The monoisotopic (exact) mass is 470 g/mol. The summed E-state index contributed by atoms with van der Waals surface area (Å²) in [6.45, 7) is 6.46. The number of aromatic nitrogens is 1. The molecule has 0 fully saturated rings. The molecule has 0 spiro atoms. The van der Waals surface area contributed by atoms with Crippen molar-refractivity contribution in [3.8, 4) is 0 Å². The zero-order valence-electron chi connectivity index (χ0n) is 20.5. The Hall–Kier alpha value is -3.62. The lowest BCUT2D eigenvalue weighted by atomic mass is 10.1. The number of nitrogens with zero attached hydrogens (tertiary/aromatic N) is 4. The van der Waals surface area contributed by atoms with Crippen molar-refractivity contribution in [2.45, 2.75) is 39.2 Å². The summed E-state index contributed by atoms with van der Waals surface area (Å²) in [4.78, 5) is 44.8. The van der Waals surface area contributed by atoms with Crippen LogP contribution >= 0.6 is 0 Å². The Morgan fingerprint density at radius 3 is 2.21 bits per heavy atom. The van der Waals surface area contributed by atoms with E-state index >= 15 is 0 Å². The molecule has 1 aromatic heterocycles. The number of ether oxygens (including phenoxy) is 1. The second-order valence-electron chi connectivity index (χ2n) is 9.03. The summed E-state index contributed by atoms with van der Waals surface area (Å²) >= 11 is 0. The lowest BCUT2D eigenvalue weighted by molar-refractivity contribution is 0.0589. The molecular weight excluding hydrogens is 436 g/mol. The molecule has 9 nitrogen and oxygen atoms in total. The predicted molar refractivity (Wildman–Crippen MR) is 130 cm³/mol. The number of amides is 3. The highest BCUT2D eigenvalue weighted by Crippen LogP contribution is 2.16. The van der Waals surface area contributed by atoms with Crippen molar-refractivity contribution >= 4 is 23.8 Å². The summed E-state index contributed by atoms with van der Waals surface area (Å²) in [6.07, 6.45) is 1.09. The van der Waals surface area contributed by atoms with E-state index in [1.165, 1.54) is 20.9 Å². The van der Waals surface area contributed by atoms with E-state index in [1.54, 1.807) is 47.0 Å². The Morgan fingerprint density at radius 1 is 0.971 bits per heavy atom. The molecule has 1 aromatic carbocycles. The van der Waals surface area contributed by atoms with Gasteiger partial charge in [0.25, 0.3) is 5.91 Å². The third-order valence-electron chi connectivity index (χ3n) is 5.07. The first kappa shape index (κ1) is 26.6. The second kappa shape index (κ2) is 12.0. The summed E-state index contributed by atoms with van der Waals surface area (Å²) in [5, 5.41) is 9.47. The van der Waals surface area contributed by atoms with Gasteiger partial charge in [-0.2, -0.15) is 0 Å². The quantitative estimate of drug-likeness (QED) is 0.591. The van der Waals surface area contributed by atoms with Crippen molar-refractivity contribution < 1.29 is 24.2 Å². The molecule has 0 aliphatic carbocycles. The molecule has 1 N–H and O–H groups in total. The number of carboxylic acid groups (broad SMARTS) is 1. The Labute approximate surface area is 200 Å². The lowest BCUT2D eigenvalue weighted by Gasteiger charge is -2.24. The van der Waals surface area contributed by atoms with Crippen molar-refractivity contribution in [3.05, 3.63) is 59.9 Å². The van der Waals surface area contributed by atoms with Gasteiger partial charge >= 0.3 is 12.2 Å². The molecule has 2 aromatic rings. The average molecular weight is 471 g/mol. The number of pyridine rings is 1. The Bertz CT molecular complexity index is 958. The van der Waals surface area contributed by atoms with E-state index in [2.05, 4.69) is 4.98 Å². The fourth-order valence-electron chi connectivity index (χ4n) is 3.15. The van der Waals surface area contributed by atoms with Gasteiger partial charge in [-0.05, 0) is 51.3 Å². The highest BCUT2D eigenvalue weighted by molar-refractivity contribution is 5.93. The van der Waals surface area contributed by atoms with Gasteiger partial charge in [-0.1, -0.05) is 30.3 Å². The molecule has 0 atom stereocenters. The van der Waals surface area contributed by atoms with Crippen molar-refractivity contribution in [2.24, 2.45) is 0 Å². The van der Waals surface area contributed by atoms with Gasteiger partial charge < -0.3 is 19.6 Å². The van der Waals surface area contributed by atoms with E-state index in [0.717, 1.165) is 5.56 Å². The third kappa shape index (κ3) is 8.38. The maximum atomic E-state index is 12.7. The van der Waals surface area contributed by atoms with Gasteiger partial charge in [-0.3, -0.25) is 9.69 Å². The molecule has 9 heteroatoms. The van der Waals surface area contributed by atoms with E-state index in [9.17, 15) is 19.5 Å². The zero-order valence-corrected chi connectivity index (χ0v) is 20.5. The Kier molecular flexibility index (Phi) is 9.41. The van der Waals surface area contributed by atoms with E-state index in [-0.39, 0.29) is 11.6 Å². The molecular formula is C25H34N4O5. The predicted octanol–water partition coefficient (Wildman–Crippen LogP) is 4.14. The van der Waals surface area contributed by atoms with Crippen molar-refractivity contribution in [2.75, 3.05) is 38.6 Å². The molecule has 0 aliphatic rings. The van der Waals surface area contributed by atoms with E-state index in [4.69, 9.17) is 4.74 Å². The highest BCUT2D eigenvalue weighted by atomic mass is 16.6. The number of rotatable bonds is 9. The Balaban J connectivity index is 1.86. The minimum atomic E-state index is -0.976. The standard InChI is InChI=1S/C25H34N4O5/c1-25(2,3)34-24(33)28(5)20-12-13-21(26-18-20)22(30)27(4)15-9-16-29(23(31)32)17-14-19-10-7-6-8-11-19/h6-8,10-13,18H,9,14-17H2,1-5H3,(H,31,32). The number of benzene rings is 1. The minimum absolute atomic E-state index is 0.239. The molecule has 34 heavy (non-hydrogen) atoms. The first-order valence-electron chi connectivity index (χ1n) is 11.2. The molecule has 0 radical (unpaired) electrons. The summed E-state index contributed by atoms with van der Waals surface area (Å²) < 4.78 is 5.33. The second-order valence-corrected chi connectivity index (χ2v) is 9.03. The summed E-state index contributed by atoms with van der Waals surface area (Å²) in [5.74, 6) is -0.280. The van der Waals surface area contributed by atoms with E-state index in [1.807, 2.05) is 30.3 Å². The van der Waals surface area contributed by atoms with Crippen molar-refractivity contribution in [1.29, 1.82) is 0 Å². The highest BCUT2D eigenvalue weighted by Gasteiger charge is 2.21. The largest absolute Gasteiger partial charge is 0.465 e. The van der Waals surface area contributed by atoms with Gasteiger partial charge in [0.2, 0.25) is 0 Å².